The summed E-state index contributed by atoms with van der Waals surface area (Å²) in [6, 6.07) is 0. The van der Waals surface area contributed by atoms with E-state index in [2.05, 4.69) is 167 Å². The number of hydrogen-bond donors (Lipinski definition) is 0. The molecule has 71 heavy (non-hydrogen) atoms. The van der Waals surface area contributed by atoms with E-state index < -0.39 is 6.10 Å². The molecule has 0 amide bonds. The lowest BCUT2D eigenvalue weighted by atomic mass is 10.1. The van der Waals surface area contributed by atoms with Crippen molar-refractivity contribution in [2.45, 2.75) is 232 Å². The highest BCUT2D eigenvalue weighted by atomic mass is 16.6. The monoisotopic (exact) mass is 979 g/mol. The van der Waals surface area contributed by atoms with Gasteiger partial charge in [0, 0.05) is 19.3 Å². The van der Waals surface area contributed by atoms with Gasteiger partial charge in [-0.25, -0.2) is 0 Å². The highest BCUT2D eigenvalue weighted by Crippen LogP contribution is 2.11. The second-order valence-corrected chi connectivity index (χ2v) is 18.1. The van der Waals surface area contributed by atoms with Crippen LogP contribution in [0, 0.1) is 0 Å². The van der Waals surface area contributed by atoms with Crippen molar-refractivity contribution in [2.24, 2.45) is 0 Å². The Balaban J connectivity index is 4.61. The largest absolute Gasteiger partial charge is 0.462 e. The molecule has 6 heteroatoms. The molecule has 0 aromatic carbocycles. The van der Waals surface area contributed by atoms with Gasteiger partial charge < -0.3 is 14.2 Å². The van der Waals surface area contributed by atoms with Gasteiger partial charge in [-0.2, -0.15) is 0 Å². The minimum atomic E-state index is -0.833. The van der Waals surface area contributed by atoms with Crippen LogP contribution >= 0.6 is 0 Å². The van der Waals surface area contributed by atoms with Crippen LogP contribution in [0.4, 0.5) is 0 Å². The number of esters is 3. The van der Waals surface area contributed by atoms with Gasteiger partial charge in [0.15, 0.2) is 6.10 Å². The third-order valence-electron chi connectivity index (χ3n) is 11.3. The topological polar surface area (TPSA) is 78.9 Å². The average Bonchev–Trinajstić information content (AvgIpc) is 3.37. The van der Waals surface area contributed by atoms with Crippen molar-refractivity contribution < 1.29 is 28.6 Å². The van der Waals surface area contributed by atoms with Crippen molar-refractivity contribution in [3.05, 3.63) is 146 Å². The van der Waals surface area contributed by atoms with Gasteiger partial charge in [0.1, 0.15) is 13.2 Å². The number of unbranched alkanes of at least 4 members (excludes halogenated alkanes) is 14. The first-order valence-electron chi connectivity index (χ1n) is 28.3. The molecular formula is C65H102O6. The summed E-state index contributed by atoms with van der Waals surface area (Å²) < 4.78 is 16.8. The number of carbonyl (C=O) groups is 3. The van der Waals surface area contributed by atoms with Gasteiger partial charge >= 0.3 is 17.9 Å². The summed E-state index contributed by atoms with van der Waals surface area (Å²) in [7, 11) is 0. The van der Waals surface area contributed by atoms with Gasteiger partial charge in [0.2, 0.25) is 0 Å². The first kappa shape index (κ1) is 66.3. The fourth-order valence-electron chi connectivity index (χ4n) is 7.05. The van der Waals surface area contributed by atoms with Crippen LogP contribution in [0.5, 0.6) is 0 Å². The Morgan fingerprint density at radius 2 is 0.563 bits per heavy atom. The van der Waals surface area contributed by atoms with Crippen LogP contribution in [-0.4, -0.2) is 37.2 Å². The van der Waals surface area contributed by atoms with E-state index in [1.165, 1.54) is 51.4 Å². The molecule has 0 aliphatic heterocycles. The van der Waals surface area contributed by atoms with Gasteiger partial charge in [-0.05, 0) is 141 Å². The number of rotatable bonds is 49. The molecular weight excluding hydrogens is 877 g/mol. The summed E-state index contributed by atoms with van der Waals surface area (Å²) in [5.41, 5.74) is 0. The van der Waals surface area contributed by atoms with Crippen molar-refractivity contribution in [2.75, 3.05) is 13.2 Å². The van der Waals surface area contributed by atoms with Crippen molar-refractivity contribution in [3.8, 4) is 0 Å². The molecule has 0 radical (unpaired) electrons. The second-order valence-electron chi connectivity index (χ2n) is 18.1. The fourth-order valence-corrected chi connectivity index (χ4v) is 7.05. The Morgan fingerprint density at radius 3 is 0.915 bits per heavy atom. The fraction of sp³-hybridized carbons (Fsp3) is 0.585. The van der Waals surface area contributed by atoms with Crippen molar-refractivity contribution in [3.63, 3.8) is 0 Å². The Morgan fingerprint density at radius 1 is 0.296 bits per heavy atom. The highest BCUT2D eigenvalue weighted by molar-refractivity contribution is 5.71. The van der Waals surface area contributed by atoms with Crippen molar-refractivity contribution in [1.82, 2.24) is 0 Å². The number of carbonyl (C=O) groups excluding carboxylic acids is 3. The minimum absolute atomic E-state index is 0.128. The van der Waals surface area contributed by atoms with Crippen LogP contribution in [0.3, 0.4) is 0 Å². The zero-order chi connectivity index (χ0) is 51.4. The number of allylic oxidation sites excluding steroid dienone is 24. The summed E-state index contributed by atoms with van der Waals surface area (Å²) in [4.78, 5) is 38.1. The highest BCUT2D eigenvalue weighted by Gasteiger charge is 2.19. The lowest BCUT2D eigenvalue weighted by molar-refractivity contribution is -0.167. The Labute approximate surface area is 436 Å². The lowest BCUT2D eigenvalue weighted by Gasteiger charge is -2.18. The summed E-state index contributed by atoms with van der Waals surface area (Å²) in [5.74, 6) is -1.04. The van der Waals surface area contributed by atoms with E-state index in [1.54, 1.807) is 0 Å². The predicted octanol–water partition coefficient (Wildman–Crippen LogP) is 19.2. The Kier molecular flexibility index (Phi) is 54.0. The standard InChI is InChI=1S/C65H102O6/c1-4-7-10-13-16-19-22-25-28-31-32-35-37-40-43-46-49-52-55-58-64(67)70-61-62(71-65(68)59-56-53-50-47-44-41-38-34-30-27-24-21-18-15-12-9-6-3)60-69-63(66)57-54-51-48-45-42-39-36-33-29-26-23-20-17-14-11-8-5-2/h7,10,16-21,25-30,32,35-36,38-41,43,45,48,62H,4-6,8-9,11-15,22-24,31,33-34,37,42,44,46-47,49-61H2,1-3H3/b10-7-,19-16-,20-17-,21-18-,28-25-,29-26-,30-27-,35-32-,39-36-,41-38-,43-40-,48-45-/t62-/m0/s1. The molecule has 6 nitrogen and oxygen atoms in total. The maximum atomic E-state index is 12.9. The summed E-state index contributed by atoms with van der Waals surface area (Å²) in [5, 5.41) is 0. The van der Waals surface area contributed by atoms with Gasteiger partial charge in [-0.15, -0.1) is 0 Å². The smallest absolute Gasteiger partial charge is 0.306 e. The summed E-state index contributed by atoms with van der Waals surface area (Å²) in [6.07, 6.45) is 82.6. The molecule has 0 aliphatic rings. The van der Waals surface area contributed by atoms with Gasteiger partial charge in [-0.3, -0.25) is 14.4 Å². The molecule has 0 heterocycles. The normalized spacial score (nSPS) is 13.2. The third kappa shape index (κ3) is 56.1. The van der Waals surface area contributed by atoms with Crippen molar-refractivity contribution >= 4 is 17.9 Å². The molecule has 0 rings (SSSR count). The van der Waals surface area contributed by atoms with E-state index in [0.29, 0.717) is 12.8 Å². The molecule has 0 bridgehead atoms. The zero-order valence-corrected chi connectivity index (χ0v) is 45.4. The number of hydrogen-bond acceptors (Lipinski definition) is 6. The van der Waals surface area contributed by atoms with Crippen LogP contribution in [0.15, 0.2) is 146 Å². The Bertz CT molecular complexity index is 1590. The molecule has 0 fully saturated rings. The quantitative estimate of drug-likeness (QED) is 0.0262. The van der Waals surface area contributed by atoms with Crippen LogP contribution in [0.2, 0.25) is 0 Å². The first-order chi connectivity index (χ1) is 35.0. The molecule has 0 aromatic heterocycles. The molecule has 0 saturated heterocycles. The Hall–Kier alpha value is -4.71. The maximum absolute atomic E-state index is 12.9. The average molecular weight is 980 g/mol. The molecule has 0 unspecified atom stereocenters. The SMILES string of the molecule is CC/C=C\C/C=C\C/C=C\C/C=C\C/C=C\CCCCCC(=O)OC[C@H](COC(=O)CCC/C=C\C/C=C\C/C=C\C/C=C\CCCCC)OC(=O)CCCCCC/C=C\C/C=C\C/C=C\CCCCC. The molecule has 0 aliphatic carbocycles. The van der Waals surface area contributed by atoms with Gasteiger partial charge in [0.05, 0.1) is 0 Å². The predicted molar refractivity (Wildman–Crippen MR) is 306 cm³/mol. The molecule has 0 N–H and O–H groups in total. The number of ether oxygens (including phenoxy) is 3. The summed E-state index contributed by atoms with van der Waals surface area (Å²) >= 11 is 0. The van der Waals surface area contributed by atoms with Crippen molar-refractivity contribution in [1.29, 1.82) is 0 Å². The summed E-state index contributed by atoms with van der Waals surface area (Å²) in [6.45, 7) is 6.36. The van der Waals surface area contributed by atoms with E-state index in [-0.39, 0.29) is 44.0 Å². The molecule has 0 spiro atoms. The first-order valence-corrected chi connectivity index (χ1v) is 28.3. The molecule has 1 atom stereocenters. The molecule has 0 saturated carbocycles. The van der Waals surface area contributed by atoms with Gasteiger partial charge in [0.25, 0.3) is 0 Å². The van der Waals surface area contributed by atoms with Crippen LogP contribution in [0.1, 0.15) is 226 Å². The van der Waals surface area contributed by atoms with E-state index >= 15 is 0 Å². The molecule has 398 valence electrons. The second kappa shape index (κ2) is 57.9. The maximum Gasteiger partial charge on any atom is 0.306 e. The lowest BCUT2D eigenvalue weighted by Crippen LogP contribution is -2.30. The van der Waals surface area contributed by atoms with Crippen LogP contribution < -0.4 is 0 Å². The van der Waals surface area contributed by atoms with Crippen LogP contribution in [-0.2, 0) is 28.6 Å². The van der Waals surface area contributed by atoms with E-state index in [1.807, 2.05) is 0 Å². The molecule has 0 aromatic rings. The zero-order valence-electron chi connectivity index (χ0n) is 45.4. The van der Waals surface area contributed by atoms with Gasteiger partial charge in [-0.1, -0.05) is 212 Å². The van der Waals surface area contributed by atoms with E-state index in [4.69, 9.17) is 14.2 Å². The third-order valence-corrected chi connectivity index (χ3v) is 11.3. The van der Waals surface area contributed by atoms with E-state index in [0.717, 1.165) is 128 Å². The van der Waals surface area contributed by atoms with E-state index in [9.17, 15) is 14.4 Å². The van der Waals surface area contributed by atoms with Crippen LogP contribution in [0.25, 0.3) is 0 Å². The minimum Gasteiger partial charge on any atom is -0.462 e.